The molecule has 4 heteroatoms. The maximum absolute atomic E-state index is 6.50. The minimum absolute atomic E-state index is 0.124. The lowest BCUT2D eigenvalue weighted by Gasteiger charge is -2.20. The number of pyridine rings is 1. The zero-order chi connectivity index (χ0) is 13.5. The van der Waals surface area contributed by atoms with Gasteiger partial charge in [-0.15, -0.1) is 0 Å². The molecule has 2 rings (SSSR count). The second-order valence-electron chi connectivity index (χ2n) is 4.70. The van der Waals surface area contributed by atoms with Gasteiger partial charge in [0.05, 0.1) is 0 Å². The number of nitrogens with zero attached hydrogens (tertiary/aromatic N) is 3. The quantitative estimate of drug-likeness (QED) is 0.889. The Balaban J connectivity index is 0.000000771. The van der Waals surface area contributed by atoms with Crippen LogP contribution in [0.4, 0.5) is 0 Å². The van der Waals surface area contributed by atoms with Gasteiger partial charge in [-0.2, -0.15) is 0 Å². The molecular formula is C14H22N4. The van der Waals surface area contributed by atoms with Gasteiger partial charge in [0.25, 0.3) is 0 Å². The van der Waals surface area contributed by atoms with Crippen LogP contribution in [0.25, 0.3) is 0 Å². The van der Waals surface area contributed by atoms with Gasteiger partial charge in [-0.1, -0.05) is 6.92 Å². The molecule has 0 bridgehead atoms. The van der Waals surface area contributed by atoms with Crippen molar-refractivity contribution in [2.45, 2.75) is 38.3 Å². The molecule has 0 aliphatic carbocycles. The van der Waals surface area contributed by atoms with Gasteiger partial charge in [-0.25, -0.2) is 5.26 Å². The molecule has 2 N–H and O–H groups in total. The zero-order valence-corrected chi connectivity index (χ0v) is 11.2. The molecule has 2 atom stereocenters. The van der Waals surface area contributed by atoms with Crippen LogP contribution in [-0.2, 0) is 0 Å². The van der Waals surface area contributed by atoms with E-state index in [4.69, 9.17) is 11.0 Å². The third-order valence-electron chi connectivity index (χ3n) is 3.55. The predicted molar refractivity (Wildman–Crippen MR) is 72.7 cm³/mol. The summed E-state index contributed by atoms with van der Waals surface area (Å²) in [6.45, 7) is 6.80. The number of rotatable bonds is 3. The maximum Gasteiger partial charge on any atom is 0.0462 e. The molecule has 1 aromatic rings. The molecule has 0 saturated carbocycles. The van der Waals surface area contributed by atoms with Gasteiger partial charge in [0, 0.05) is 31.0 Å². The Morgan fingerprint density at radius 2 is 2.28 bits per heavy atom. The molecule has 18 heavy (non-hydrogen) atoms. The van der Waals surface area contributed by atoms with Crippen molar-refractivity contribution in [1.82, 2.24) is 9.88 Å². The first-order chi connectivity index (χ1) is 8.72. The fourth-order valence-electron chi connectivity index (χ4n) is 2.43. The molecule has 4 nitrogen and oxygen atoms in total. The van der Waals surface area contributed by atoms with E-state index in [0.29, 0.717) is 6.04 Å². The van der Waals surface area contributed by atoms with E-state index < -0.39 is 0 Å². The summed E-state index contributed by atoms with van der Waals surface area (Å²) in [5.41, 5.74) is 8.53. The molecule has 1 aliphatic heterocycles. The van der Waals surface area contributed by atoms with Crippen molar-refractivity contribution in [2.24, 2.45) is 5.73 Å². The summed E-state index contributed by atoms with van der Waals surface area (Å²) in [5.74, 6) is 0. The highest BCUT2D eigenvalue weighted by Gasteiger charge is 2.23. The van der Waals surface area contributed by atoms with Crippen molar-refractivity contribution in [3.8, 4) is 6.57 Å². The van der Waals surface area contributed by atoms with Gasteiger partial charge < -0.3 is 5.73 Å². The predicted octanol–water partition coefficient (Wildman–Crippen LogP) is 2.40. The van der Waals surface area contributed by atoms with Gasteiger partial charge in [0.1, 0.15) is 0 Å². The van der Waals surface area contributed by atoms with Crippen molar-refractivity contribution in [1.29, 1.82) is 5.26 Å². The lowest BCUT2D eigenvalue weighted by molar-refractivity contribution is 0.316. The van der Waals surface area contributed by atoms with E-state index in [9.17, 15) is 0 Å². The number of nitrogens with two attached hydrogens (primary N) is 1. The number of likely N-dealkylation sites (tertiary alicyclic amines) is 1. The first-order valence-electron chi connectivity index (χ1n) is 6.39. The summed E-state index contributed by atoms with van der Waals surface area (Å²) in [6.07, 6.45) is 7.37. The standard InChI is InChI=1S/C13H21N3.CHN/c1-3-12(14)10-7-11(9-15-8-10)13-5-4-6-16(13)2;1-2/h7-9,12-13H,3-6,14H2,1-2H3;1H/t12?,13-;/m1./s1. The first kappa shape index (κ1) is 14.6. The summed E-state index contributed by atoms with van der Waals surface area (Å²) in [6, 6.07) is 2.89. The number of aromatic nitrogens is 1. The molecule has 1 fully saturated rings. The van der Waals surface area contributed by atoms with Crippen LogP contribution in [-0.4, -0.2) is 23.5 Å². The van der Waals surface area contributed by atoms with Crippen molar-refractivity contribution in [3.63, 3.8) is 0 Å². The van der Waals surface area contributed by atoms with Crippen LogP contribution in [0.1, 0.15) is 49.4 Å². The molecule has 0 amide bonds. The van der Waals surface area contributed by atoms with E-state index in [0.717, 1.165) is 6.42 Å². The lowest BCUT2D eigenvalue weighted by atomic mass is 10.0. The maximum atomic E-state index is 6.50. The lowest BCUT2D eigenvalue weighted by Crippen LogP contribution is -2.18. The number of hydrogen-bond acceptors (Lipinski definition) is 4. The van der Waals surface area contributed by atoms with Crippen LogP contribution in [0.3, 0.4) is 0 Å². The zero-order valence-electron chi connectivity index (χ0n) is 11.2. The Bertz CT molecular complexity index is 388. The van der Waals surface area contributed by atoms with Crippen molar-refractivity contribution in [3.05, 3.63) is 29.6 Å². The fraction of sp³-hybridized carbons (Fsp3) is 0.571. The molecule has 1 saturated heterocycles. The van der Waals surface area contributed by atoms with Crippen LogP contribution in [0.15, 0.2) is 18.5 Å². The van der Waals surface area contributed by atoms with Crippen molar-refractivity contribution < 1.29 is 0 Å². The van der Waals surface area contributed by atoms with Crippen LogP contribution in [0.2, 0.25) is 0 Å². The molecule has 1 aromatic heterocycles. The van der Waals surface area contributed by atoms with Crippen LogP contribution in [0.5, 0.6) is 0 Å². The summed E-state index contributed by atoms with van der Waals surface area (Å²) < 4.78 is 0. The topological polar surface area (TPSA) is 65.9 Å². The van der Waals surface area contributed by atoms with Gasteiger partial charge in [-0.3, -0.25) is 9.88 Å². The highest BCUT2D eigenvalue weighted by Crippen LogP contribution is 2.30. The molecule has 1 unspecified atom stereocenters. The van der Waals surface area contributed by atoms with Crippen molar-refractivity contribution in [2.75, 3.05) is 13.6 Å². The number of nitriles is 1. The third-order valence-corrected chi connectivity index (χ3v) is 3.55. The average Bonchev–Trinajstić information content (AvgIpc) is 2.86. The number of hydrogen-bond donors (Lipinski definition) is 1. The largest absolute Gasteiger partial charge is 0.324 e. The molecule has 1 aliphatic rings. The Kier molecular flexibility index (Phi) is 5.76. The van der Waals surface area contributed by atoms with E-state index in [1.165, 1.54) is 30.5 Å². The summed E-state index contributed by atoms with van der Waals surface area (Å²) in [5, 5.41) is 6.50. The van der Waals surface area contributed by atoms with Crippen LogP contribution < -0.4 is 5.73 Å². The third kappa shape index (κ3) is 3.28. The fourth-order valence-corrected chi connectivity index (χ4v) is 2.43. The van der Waals surface area contributed by atoms with Crippen LogP contribution >= 0.6 is 0 Å². The second kappa shape index (κ2) is 7.10. The molecule has 98 valence electrons. The SMILES string of the molecule is C#N.CCC(N)c1cncc([C@H]2CCCN2C)c1. The molecule has 0 aromatic carbocycles. The normalized spacial score (nSPS) is 21.1. The molecule has 2 heterocycles. The highest BCUT2D eigenvalue weighted by molar-refractivity contribution is 5.24. The first-order valence-corrected chi connectivity index (χ1v) is 6.39. The minimum atomic E-state index is 0.124. The minimum Gasteiger partial charge on any atom is -0.324 e. The molecular weight excluding hydrogens is 224 g/mol. The average molecular weight is 246 g/mol. The van der Waals surface area contributed by atoms with E-state index in [-0.39, 0.29) is 6.04 Å². The Labute approximate surface area is 109 Å². The summed E-state index contributed by atoms with van der Waals surface area (Å²) >= 11 is 0. The van der Waals surface area contributed by atoms with E-state index >= 15 is 0 Å². The van der Waals surface area contributed by atoms with Gasteiger partial charge in [-0.05, 0) is 50.0 Å². The highest BCUT2D eigenvalue weighted by atomic mass is 15.1. The summed E-state index contributed by atoms with van der Waals surface area (Å²) in [4.78, 5) is 6.73. The molecule has 0 spiro atoms. The van der Waals surface area contributed by atoms with E-state index in [1.807, 2.05) is 12.4 Å². The summed E-state index contributed by atoms with van der Waals surface area (Å²) in [7, 11) is 2.18. The Morgan fingerprint density at radius 3 is 2.83 bits per heavy atom. The monoisotopic (exact) mass is 246 g/mol. The second-order valence-corrected chi connectivity index (χ2v) is 4.70. The van der Waals surface area contributed by atoms with Gasteiger partial charge >= 0.3 is 0 Å². The molecule has 0 radical (unpaired) electrons. The van der Waals surface area contributed by atoms with E-state index in [1.54, 1.807) is 0 Å². The smallest absolute Gasteiger partial charge is 0.0462 e. The Hall–Kier alpha value is -1.44. The van der Waals surface area contributed by atoms with Crippen LogP contribution in [0, 0.1) is 11.8 Å². The van der Waals surface area contributed by atoms with Gasteiger partial charge in [0.2, 0.25) is 0 Å². The van der Waals surface area contributed by atoms with Gasteiger partial charge in [0.15, 0.2) is 0 Å². The Morgan fingerprint density at radius 1 is 1.56 bits per heavy atom. The van der Waals surface area contributed by atoms with E-state index in [2.05, 4.69) is 36.5 Å². The van der Waals surface area contributed by atoms with Crippen molar-refractivity contribution >= 4 is 0 Å².